The number of benzene rings is 2. The van der Waals surface area contributed by atoms with Gasteiger partial charge in [0, 0.05) is 11.8 Å². The summed E-state index contributed by atoms with van der Waals surface area (Å²) in [5.41, 5.74) is 2.37. The van der Waals surface area contributed by atoms with Crippen LogP contribution in [0.25, 0.3) is 17.0 Å². The van der Waals surface area contributed by atoms with Crippen LogP contribution in [0.15, 0.2) is 81.1 Å². The molecule has 3 aromatic rings. The van der Waals surface area contributed by atoms with Crippen LogP contribution in [0.1, 0.15) is 17.5 Å². The summed E-state index contributed by atoms with van der Waals surface area (Å²) in [5, 5.41) is 4.95. The molecule has 0 saturated heterocycles. The molecule has 118 valence electrons. The Balaban J connectivity index is 1.55. The van der Waals surface area contributed by atoms with E-state index >= 15 is 0 Å². The standard InChI is InChI=1S/C20H15NO3/c22-20-17(12-15-8-4-5-9-19(15)23-20)18-13-16(24-21-18)11-10-14-6-2-1-3-7-14/h1-12,16H,13H2. The Bertz CT molecular complexity index is 986. The molecule has 4 nitrogen and oxygen atoms in total. The molecule has 0 amide bonds. The van der Waals surface area contributed by atoms with E-state index in [4.69, 9.17) is 9.25 Å². The second kappa shape index (κ2) is 6.16. The average molecular weight is 317 g/mol. The highest BCUT2D eigenvalue weighted by atomic mass is 16.6. The van der Waals surface area contributed by atoms with Crippen LogP contribution in [0.3, 0.4) is 0 Å². The van der Waals surface area contributed by atoms with E-state index in [1.54, 1.807) is 6.07 Å². The van der Waals surface area contributed by atoms with E-state index in [-0.39, 0.29) is 11.7 Å². The van der Waals surface area contributed by atoms with E-state index < -0.39 is 0 Å². The van der Waals surface area contributed by atoms with E-state index in [0.717, 1.165) is 10.9 Å². The fourth-order valence-corrected chi connectivity index (χ4v) is 2.70. The molecule has 1 aliphatic rings. The number of hydrogen-bond acceptors (Lipinski definition) is 4. The highest BCUT2D eigenvalue weighted by Gasteiger charge is 2.23. The summed E-state index contributed by atoms with van der Waals surface area (Å²) in [6.07, 6.45) is 4.32. The predicted molar refractivity (Wildman–Crippen MR) is 94.0 cm³/mol. The minimum absolute atomic E-state index is 0.175. The lowest BCUT2D eigenvalue weighted by atomic mass is 10.0. The largest absolute Gasteiger partial charge is 0.422 e. The van der Waals surface area contributed by atoms with Gasteiger partial charge >= 0.3 is 5.63 Å². The van der Waals surface area contributed by atoms with E-state index in [0.29, 0.717) is 23.3 Å². The Hall–Kier alpha value is -3.14. The van der Waals surface area contributed by atoms with Crippen LogP contribution in [0, 0.1) is 0 Å². The van der Waals surface area contributed by atoms with Gasteiger partial charge in [0.25, 0.3) is 0 Å². The Kier molecular flexibility index (Phi) is 3.71. The van der Waals surface area contributed by atoms with Gasteiger partial charge in [-0.3, -0.25) is 0 Å². The number of oxime groups is 1. The zero-order chi connectivity index (χ0) is 16.4. The minimum atomic E-state index is -0.385. The summed E-state index contributed by atoms with van der Waals surface area (Å²) in [6.45, 7) is 0. The zero-order valence-corrected chi connectivity index (χ0v) is 12.9. The van der Waals surface area contributed by atoms with Crippen molar-refractivity contribution in [2.75, 3.05) is 0 Å². The molecular formula is C20H15NO3. The van der Waals surface area contributed by atoms with E-state index in [1.165, 1.54) is 0 Å². The Morgan fingerprint density at radius 3 is 2.71 bits per heavy atom. The average Bonchev–Trinajstić information content (AvgIpc) is 3.09. The normalized spacial score (nSPS) is 17.2. The number of para-hydroxylation sites is 1. The van der Waals surface area contributed by atoms with Crippen molar-refractivity contribution in [2.45, 2.75) is 12.5 Å². The summed E-state index contributed by atoms with van der Waals surface area (Å²) < 4.78 is 5.36. The van der Waals surface area contributed by atoms with Crippen molar-refractivity contribution < 1.29 is 9.25 Å². The molecule has 1 unspecified atom stereocenters. The lowest BCUT2D eigenvalue weighted by Gasteiger charge is -2.02. The third-order valence-electron chi connectivity index (χ3n) is 3.95. The summed E-state index contributed by atoms with van der Waals surface area (Å²) in [4.78, 5) is 17.6. The molecule has 0 saturated carbocycles. The van der Waals surface area contributed by atoms with Gasteiger partial charge in [0.1, 0.15) is 5.58 Å². The van der Waals surface area contributed by atoms with Crippen molar-refractivity contribution in [3.05, 3.63) is 88.3 Å². The van der Waals surface area contributed by atoms with E-state index in [1.807, 2.05) is 66.7 Å². The number of hydrogen-bond donors (Lipinski definition) is 0. The molecule has 2 heterocycles. The smallest absolute Gasteiger partial charge is 0.345 e. The van der Waals surface area contributed by atoms with Gasteiger partial charge in [-0.15, -0.1) is 0 Å². The first-order valence-corrected chi connectivity index (χ1v) is 7.79. The molecule has 4 heteroatoms. The van der Waals surface area contributed by atoms with Crippen molar-refractivity contribution in [3.63, 3.8) is 0 Å². The van der Waals surface area contributed by atoms with Crippen molar-refractivity contribution in [1.29, 1.82) is 0 Å². The third-order valence-corrected chi connectivity index (χ3v) is 3.95. The number of nitrogens with zero attached hydrogens (tertiary/aromatic N) is 1. The Labute approximate surface area is 138 Å². The van der Waals surface area contributed by atoms with Crippen LogP contribution in [0.4, 0.5) is 0 Å². The van der Waals surface area contributed by atoms with Crippen LogP contribution < -0.4 is 5.63 Å². The van der Waals surface area contributed by atoms with Crippen LogP contribution in [0.2, 0.25) is 0 Å². The van der Waals surface area contributed by atoms with Crippen LogP contribution in [0.5, 0.6) is 0 Å². The fraction of sp³-hybridized carbons (Fsp3) is 0.100. The molecule has 1 aliphatic heterocycles. The molecule has 0 radical (unpaired) electrons. The molecule has 24 heavy (non-hydrogen) atoms. The second-order valence-corrected chi connectivity index (χ2v) is 5.64. The predicted octanol–water partition coefficient (Wildman–Crippen LogP) is 4.00. The Morgan fingerprint density at radius 1 is 1.04 bits per heavy atom. The molecular weight excluding hydrogens is 302 g/mol. The van der Waals surface area contributed by atoms with Crippen molar-refractivity contribution in [1.82, 2.24) is 0 Å². The minimum Gasteiger partial charge on any atom is -0.422 e. The first-order chi connectivity index (χ1) is 11.8. The first kappa shape index (κ1) is 14.5. The monoisotopic (exact) mass is 317 g/mol. The van der Waals surface area contributed by atoms with Crippen LogP contribution >= 0.6 is 0 Å². The molecule has 0 N–H and O–H groups in total. The molecule has 0 aliphatic carbocycles. The van der Waals surface area contributed by atoms with Crippen LogP contribution in [-0.4, -0.2) is 11.8 Å². The fourth-order valence-electron chi connectivity index (χ4n) is 2.70. The number of rotatable bonds is 3. The van der Waals surface area contributed by atoms with Gasteiger partial charge in [0.05, 0.1) is 11.3 Å². The summed E-state index contributed by atoms with van der Waals surface area (Å²) in [6, 6.07) is 19.2. The zero-order valence-electron chi connectivity index (χ0n) is 12.9. The summed E-state index contributed by atoms with van der Waals surface area (Å²) in [7, 11) is 0. The van der Waals surface area contributed by atoms with Gasteiger partial charge in [-0.1, -0.05) is 59.8 Å². The first-order valence-electron chi connectivity index (χ1n) is 7.79. The van der Waals surface area contributed by atoms with Gasteiger partial charge < -0.3 is 9.25 Å². The lowest BCUT2D eigenvalue weighted by molar-refractivity contribution is 0.120. The third kappa shape index (κ3) is 2.86. The van der Waals surface area contributed by atoms with Gasteiger partial charge in [-0.25, -0.2) is 4.79 Å². The van der Waals surface area contributed by atoms with Crippen LogP contribution in [-0.2, 0) is 4.84 Å². The second-order valence-electron chi connectivity index (χ2n) is 5.64. The summed E-state index contributed by atoms with van der Waals surface area (Å²) in [5.74, 6) is 0. The highest BCUT2D eigenvalue weighted by molar-refractivity contribution is 6.02. The maximum Gasteiger partial charge on any atom is 0.345 e. The Morgan fingerprint density at radius 2 is 1.83 bits per heavy atom. The van der Waals surface area contributed by atoms with E-state index in [9.17, 15) is 4.79 Å². The molecule has 4 rings (SSSR count). The molecule has 2 aromatic carbocycles. The quantitative estimate of drug-likeness (QED) is 0.686. The van der Waals surface area contributed by atoms with Gasteiger partial charge in [-0.05, 0) is 23.8 Å². The number of fused-ring (bicyclic) bond motifs is 1. The lowest BCUT2D eigenvalue weighted by Crippen LogP contribution is -2.14. The highest BCUT2D eigenvalue weighted by Crippen LogP contribution is 2.20. The van der Waals surface area contributed by atoms with Crippen molar-refractivity contribution in [3.8, 4) is 0 Å². The van der Waals surface area contributed by atoms with Crippen molar-refractivity contribution in [2.24, 2.45) is 5.16 Å². The van der Waals surface area contributed by atoms with Gasteiger partial charge in [0.2, 0.25) is 0 Å². The maximum absolute atomic E-state index is 12.2. The SMILES string of the molecule is O=c1oc2ccccc2cc1C1=NOC(C=Cc2ccccc2)C1. The van der Waals surface area contributed by atoms with E-state index in [2.05, 4.69) is 5.16 Å². The van der Waals surface area contributed by atoms with Gasteiger partial charge in [-0.2, -0.15) is 0 Å². The topological polar surface area (TPSA) is 51.8 Å². The summed E-state index contributed by atoms with van der Waals surface area (Å²) >= 11 is 0. The molecule has 0 fully saturated rings. The molecule has 0 spiro atoms. The molecule has 1 atom stereocenters. The van der Waals surface area contributed by atoms with Crippen molar-refractivity contribution >= 4 is 22.8 Å². The molecule has 1 aromatic heterocycles. The maximum atomic E-state index is 12.2. The van der Waals surface area contributed by atoms with Gasteiger partial charge in [0.15, 0.2) is 6.10 Å². The molecule has 0 bridgehead atoms.